The Balaban J connectivity index is 1.21. The summed E-state index contributed by atoms with van der Waals surface area (Å²) in [6.45, 7) is 4.60. The molecule has 0 atom stereocenters. The first-order valence-corrected chi connectivity index (χ1v) is 20.8. The monoisotopic (exact) mass is 850 g/mol. The summed E-state index contributed by atoms with van der Waals surface area (Å²) >= 11 is 7.52. The highest BCUT2D eigenvalue weighted by atomic mass is 79.9. The van der Waals surface area contributed by atoms with E-state index in [4.69, 9.17) is 20.4 Å². The highest BCUT2D eigenvalue weighted by Crippen LogP contribution is 2.56. The smallest absolute Gasteiger partial charge is 0.128 e. The Morgan fingerprint density at radius 3 is 1.29 bits per heavy atom. The number of aromatic nitrogens is 8. The van der Waals surface area contributed by atoms with Gasteiger partial charge in [0.05, 0.1) is 11.4 Å². The second-order valence-electron chi connectivity index (χ2n) is 14.5. The van der Waals surface area contributed by atoms with E-state index in [1.54, 1.807) is 34.4 Å². The molecule has 0 spiro atoms. The highest BCUT2D eigenvalue weighted by Gasteiger charge is 2.43. The fourth-order valence-electron chi connectivity index (χ4n) is 8.43. The van der Waals surface area contributed by atoms with Gasteiger partial charge in [-0.1, -0.05) is 88.8 Å². The van der Waals surface area contributed by atoms with Gasteiger partial charge in [-0.05, 0) is 127 Å². The molecule has 10 heteroatoms. The molecule has 0 unspecified atom stereocenters. The lowest BCUT2D eigenvalue weighted by Gasteiger charge is -2.33. The largest absolute Gasteiger partial charge is 0.265 e. The minimum absolute atomic E-state index is 0.132. The van der Waals surface area contributed by atoms with Crippen LogP contribution in [0, 0.1) is 0 Å². The Hall–Kier alpha value is -5.06. The van der Waals surface area contributed by atoms with Crippen LogP contribution in [0.15, 0.2) is 119 Å². The van der Waals surface area contributed by atoms with Gasteiger partial charge in [-0.25, -0.2) is 0 Å². The second-order valence-corrected chi connectivity index (χ2v) is 16.2. The molecular weight excluding hydrogens is 812 g/mol. The van der Waals surface area contributed by atoms with E-state index in [0.717, 1.165) is 77.5 Å². The second kappa shape index (κ2) is 14.9. The van der Waals surface area contributed by atoms with Crippen molar-refractivity contribution in [3.63, 3.8) is 0 Å². The van der Waals surface area contributed by atoms with Crippen LogP contribution in [0.4, 0.5) is 0 Å². The molecule has 0 aliphatic heterocycles. The summed E-state index contributed by atoms with van der Waals surface area (Å²) in [5, 5.41) is 19.9. The number of rotatable bonds is 12. The van der Waals surface area contributed by atoms with Crippen LogP contribution in [-0.4, -0.2) is 40.0 Å². The third kappa shape index (κ3) is 6.29. The van der Waals surface area contributed by atoms with Crippen LogP contribution in [0.3, 0.4) is 0 Å². The van der Waals surface area contributed by atoms with Gasteiger partial charge in [-0.3, -0.25) is 9.97 Å². The van der Waals surface area contributed by atoms with Gasteiger partial charge in [0.2, 0.25) is 0 Å². The molecule has 1 aliphatic carbocycles. The third-order valence-electron chi connectivity index (χ3n) is 11.2. The van der Waals surface area contributed by atoms with Crippen molar-refractivity contribution in [2.75, 3.05) is 0 Å². The predicted octanol–water partition coefficient (Wildman–Crippen LogP) is 12.2. The van der Waals surface area contributed by atoms with Crippen LogP contribution in [0.5, 0.6) is 0 Å². The lowest BCUT2D eigenvalue weighted by Crippen LogP contribution is -2.25. The molecule has 9 rings (SSSR count). The number of pyridine rings is 2. The van der Waals surface area contributed by atoms with E-state index in [2.05, 4.69) is 116 Å². The first-order chi connectivity index (χ1) is 27.0. The fourth-order valence-corrected chi connectivity index (χ4v) is 9.22. The standard InChI is InChI=1S/C45H40Br2N8/c1-3-5-7-21-45(22-8-6-4-2)37-27-29(33-13-15-39(46)43-41(33)50-54(52-43)31-17-23-48-24-18-31)9-11-35(37)36-12-10-30(28-38(36)45)34-14-16-40(47)44-42(34)51-55(53-44)32-19-25-49-26-20-32/h9-20,23-28H,3-8,21-22H2,1-2H3. The Morgan fingerprint density at radius 2 is 0.873 bits per heavy atom. The zero-order valence-electron chi connectivity index (χ0n) is 30.9. The molecule has 8 nitrogen and oxygen atoms in total. The van der Waals surface area contributed by atoms with Crippen molar-refractivity contribution < 1.29 is 0 Å². The van der Waals surface area contributed by atoms with Gasteiger partial charge in [-0.2, -0.15) is 9.59 Å². The van der Waals surface area contributed by atoms with Crippen molar-refractivity contribution >= 4 is 53.9 Å². The van der Waals surface area contributed by atoms with E-state index in [0.29, 0.717) is 0 Å². The Bertz CT molecular complexity index is 2480. The van der Waals surface area contributed by atoms with E-state index in [-0.39, 0.29) is 5.41 Å². The SMILES string of the molecule is CCCCCC1(CCCCC)c2cc(-c3ccc(Br)c4nn(-c5ccncc5)nc34)ccc2-c2ccc(-c3ccc(Br)c4nn(-c5ccncc5)nc34)cc21. The molecule has 4 aromatic heterocycles. The van der Waals surface area contributed by atoms with Gasteiger partial charge in [0.1, 0.15) is 22.1 Å². The Kier molecular flexibility index (Phi) is 9.64. The van der Waals surface area contributed by atoms with E-state index in [1.807, 2.05) is 24.3 Å². The topological polar surface area (TPSA) is 87.2 Å². The van der Waals surface area contributed by atoms with Crippen LogP contribution in [0.2, 0.25) is 0 Å². The van der Waals surface area contributed by atoms with Crippen molar-refractivity contribution in [1.29, 1.82) is 0 Å². The Morgan fingerprint density at radius 1 is 0.473 bits per heavy atom. The normalized spacial score (nSPS) is 13.1. The molecule has 0 bridgehead atoms. The molecule has 0 saturated carbocycles. The molecule has 274 valence electrons. The number of nitrogens with zero attached hydrogens (tertiary/aromatic N) is 8. The number of benzene rings is 4. The van der Waals surface area contributed by atoms with Crippen molar-refractivity contribution in [2.24, 2.45) is 0 Å². The molecule has 0 saturated heterocycles. The molecule has 0 fully saturated rings. The maximum atomic E-state index is 5.04. The highest BCUT2D eigenvalue weighted by molar-refractivity contribution is 9.11. The van der Waals surface area contributed by atoms with E-state index in [1.165, 1.54) is 60.8 Å². The number of fused-ring (bicyclic) bond motifs is 5. The lowest BCUT2D eigenvalue weighted by atomic mass is 9.70. The molecule has 0 radical (unpaired) electrons. The van der Waals surface area contributed by atoms with Gasteiger partial charge in [0.25, 0.3) is 0 Å². The zero-order valence-corrected chi connectivity index (χ0v) is 34.1. The maximum absolute atomic E-state index is 5.04. The number of halogens is 2. The predicted molar refractivity (Wildman–Crippen MR) is 228 cm³/mol. The zero-order chi connectivity index (χ0) is 37.5. The minimum atomic E-state index is -0.132. The summed E-state index contributed by atoms with van der Waals surface area (Å²) in [7, 11) is 0. The summed E-state index contributed by atoms with van der Waals surface area (Å²) in [6.07, 6.45) is 16.4. The van der Waals surface area contributed by atoms with Crippen molar-refractivity contribution in [2.45, 2.75) is 70.6 Å². The molecule has 0 N–H and O–H groups in total. The average Bonchev–Trinajstić information content (AvgIpc) is 3.94. The average molecular weight is 853 g/mol. The van der Waals surface area contributed by atoms with Gasteiger partial charge >= 0.3 is 0 Å². The summed E-state index contributed by atoms with van der Waals surface area (Å²) in [5.74, 6) is 0. The minimum Gasteiger partial charge on any atom is -0.265 e. The molecular formula is C45H40Br2N8. The first-order valence-electron chi connectivity index (χ1n) is 19.2. The van der Waals surface area contributed by atoms with Crippen LogP contribution in [-0.2, 0) is 5.41 Å². The molecule has 8 aromatic rings. The maximum Gasteiger partial charge on any atom is 0.128 e. The van der Waals surface area contributed by atoms with Gasteiger partial charge in [0, 0.05) is 50.3 Å². The molecule has 4 heterocycles. The molecule has 4 aromatic carbocycles. The van der Waals surface area contributed by atoms with Crippen LogP contribution in [0.25, 0.3) is 66.8 Å². The Labute approximate surface area is 337 Å². The summed E-state index contributed by atoms with van der Waals surface area (Å²) < 4.78 is 1.84. The van der Waals surface area contributed by atoms with E-state index < -0.39 is 0 Å². The summed E-state index contributed by atoms with van der Waals surface area (Å²) in [5.41, 5.74) is 15.0. The van der Waals surface area contributed by atoms with Gasteiger partial charge in [-0.15, -0.1) is 20.4 Å². The van der Waals surface area contributed by atoms with Crippen molar-refractivity contribution in [3.05, 3.63) is 130 Å². The van der Waals surface area contributed by atoms with Gasteiger partial charge < -0.3 is 0 Å². The van der Waals surface area contributed by atoms with Gasteiger partial charge in [0.15, 0.2) is 0 Å². The fraction of sp³-hybridized carbons (Fsp3) is 0.244. The first kappa shape index (κ1) is 35.6. The molecule has 1 aliphatic rings. The number of unbranched alkanes of at least 4 members (excludes halogenated alkanes) is 4. The van der Waals surface area contributed by atoms with Crippen molar-refractivity contribution in [3.8, 4) is 44.8 Å². The van der Waals surface area contributed by atoms with Crippen LogP contribution in [0.1, 0.15) is 76.3 Å². The van der Waals surface area contributed by atoms with Crippen molar-refractivity contribution in [1.82, 2.24) is 40.0 Å². The summed E-state index contributed by atoms with van der Waals surface area (Å²) in [4.78, 5) is 11.8. The van der Waals surface area contributed by atoms with E-state index >= 15 is 0 Å². The summed E-state index contributed by atoms with van der Waals surface area (Å²) in [6, 6.07) is 30.4. The molecule has 0 amide bonds. The number of hydrogen-bond acceptors (Lipinski definition) is 6. The quantitative estimate of drug-likeness (QED) is 0.114. The lowest BCUT2D eigenvalue weighted by molar-refractivity contribution is 0.405. The molecule has 55 heavy (non-hydrogen) atoms. The van der Waals surface area contributed by atoms with Crippen LogP contribution < -0.4 is 0 Å². The third-order valence-corrected chi connectivity index (χ3v) is 12.4. The van der Waals surface area contributed by atoms with Crippen LogP contribution >= 0.6 is 31.9 Å². The van der Waals surface area contributed by atoms with E-state index in [9.17, 15) is 0 Å². The number of hydrogen-bond donors (Lipinski definition) is 0.